The number of aromatic nitrogens is 3. The monoisotopic (exact) mass is 261 g/mol. The van der Waals surface area contributed by atoms with Crippen molar-refractivity contribution in [3.05, 3.63) is 29.7 Å². The standard InChI is InChI=1S/C13H15N3O3/c1-18-13(17)10-5-2-6-16-11(14-15-12(10)16)8-9-4-3-7-19-9/h2,5-6,9H,3-4,7-8H2,1H3. The van der Waals surface area contributed by atoms with Crippen LogP contribution in [-0.4, -0.2) is 40.4 Å². The molecule has 6 heteroatoms. The molecule has 19 heavy (non-hydrogen) atoms. The summed E-state index contributed by atoms with van der Waals surface area (Å²) in [6, 6.07) is 3.48. The first-order valence-electron chi connectivity index (χ1n) is 6.32. The fraction of sp³-hybridized carbons (Fsp3) is 0.462. The minimum absolute atomic E-state index is 0.203. The minimum atomic E-state index is -0.401. The summed E-state index contributed by atoms with van der Waals surface area (Å²) in [5.74, 6) is 0.411. The number of nitrogens with zero attached hydrogens (tertiary/aromatic N) is 3. The maximum atomic E-state index is 11.7. The Morgan fingerprint density at radius 2 is 2.47 bits per heavy atom. The van der Waals surface area contributed by atoms with Crippen LogP contribution in [0.4, 0.5) is 0 Å². The van der Waals surface area contributed by atoms with E-state index in [1.165, 1.54) is 7.11 Å². The lowest BCUT2D eigenvalue weighted by molar-refractivity contribution is 0.0602. The smallest absolute Gasteiger partial charge is 0.341 e. The molecule has 3 rings (SSSR count). The number of ether oxygens (including phenoxy) is 2. The van der Waals surface area contributed by atoms with Gasteiger partial charge in [-0.15, -0.1) is 10.2 Å². The largest absolute Gasteiger partial charge is 0.465 e. The first kappa shape index (κ1) is 12.1. The Bertz CT molecular complexity index is 602. The quantitative estimate of drug-likeness (QED) is 0.778. The third-order valence-corrected chi connectivity index (χ3v) is 3.34. The second-order valence-electron chi connectivity index (χ2n) is 4.56. The number of pyridine rings is 1. The van der Waals surface area contributed by atoms with Crippen molar-refractivity contribution in [1.82, 2.24) is 14.6 Å². The Kier molecular flexibility index (Phi) is 3.16. The molecule has 0 amide bonds. The van der Waals surface area contributed by atoms with Gasteiger partial charge in [-0.25, -0.2) is 4.79 Å². The predicted molar refractivity (Wildman–Crippen MR) is 67.0 cm³/mol. The van der Waals surface area contributed by atoms with Gasteiger partial charge in [0.05, 0.1) is 13.2 Å². The van der Waals surface area contributed by atoms with E-state index >= 15 is 0 Å². The van der Waals surface area contributed by atoms with E-state index in [0.717, 1.165) is 25.3 Å². The highest BCUT2D eigenvalue weighted by Crippen LogP contribution is 2.18. The second-order valence-corrected chi connectivity index (χ2v) is 4.56. The molecule has 0 N–H and O–H groups in total. The van der Waals surface area contributed by atoms with Crippen molar-refractivity contribution in [1.29, 1.82) is 0 Å². The van der Waals surface area contributed by atoms with Crippen molar-refractivity contribution in [2.45, 2.75) is 25.4 Å². The molecule has 1 fully saturated rings. The molecule has 100 valence electrons. The van der Waals surface area contributed by atoms with Gasteiger partial charge in [0.15, 0.2) is 5.65 Å². The summed E-state index contributed by atoms with van der Waals surface area (Å²) in [7, 11) is 1.36. The van der Waals surface area contributed by atoms with E-state index in [0.29, 0.717) is 17.6 Å². The average Bonchev–Trinajstić information content (AvgIpc) is 3.08. The summed E-state index contributed by atoms with van der Waals surface area (Å²) in [4.78, 5) is 11.7. The Morgan fingerprint density at radius 3 is 3.21 bits per heavy atom. The lowest BCUT2D eigenvalue weighted by Gasteiger charge is -2.07. The molecule has 2 aromatic rings. The molecule has 0 spiro atoms. The predicted octanol–water partition coefficient (Wildman–Crippen LogP) is 1.24. The van der Waals surface area contributed by atoms with Crippen LogP contribution in [0, 0.1) is 0 Å². The highest BCUT2D eigenvalue weighted by molar-refractivity contribution is 5.95. The third-order valence-electron chi connectivity index (χ3n) is 3.34. The summed E-state index contributed by atoms with van der Waals surface area (Å²) in [5.41, 5.74) is 0.957. The molecule has 0 bridgehead atoms. The topological polar surface area (TPSA) is 65.7 Å². The summed E-state index contributed by atoms with van der Waals surface area (Å²) >= 11 is 0. The summed E-state index contributed by atoms with van der Waals surface area (Å²) in [6.07, 6.45) is 4.91. The van der Waals surface area contributed by atoms with Crippen molar-refractivity contribution in [2.24, 2.45) is 0 Å². The van der Waals surface area contributed by atoms with Crippen molar-refractivity contribution < 1.29 is 14.3 Å². The van der Waals surface area contributed by atoms with Crippen LogP contribution in [0.2, 0.25) is 0 Å². The van der Waals surface area contributed by atoms with Gasteiger partial charge in [0.2, 0.25) is 0 Å². The molecule has 0 aromatic carbocycles. The van der Waals surface area contributed by atoms with Gasteiger partial charge in [0.25, 0.3) is 0 Å². The van der Waals surface area contributed by atoms with E-state index in [4.69, 9.17) is 9.47 Å². The number of methoxy groups -OCH3 is 1. The zero-order valence-corrected chi connectivity index (χ0v) is 10.7. The molecule has 6 nitrogen and oxygen atoms in total. The van der Waals surface area contributed by atoms with Crippen LogP contribution in [0.15, 0.2) is 18.3 Å². The molecular formula is C13H15N3O3. The number of esters is 1. The van der Waals surface area contributed by atoms with E-state index in [2.05, 4.69) is 10.2 Å². The fourth-order valence-electron chi connectivity index (χ4n) is 2.38. The van der Waals surface area contributed by atoms with Gasteiger partial charge < -0.3 is 9.47 Å². The number of carbonyl (C=O) groups excluding carboxylic acids is 1. The highest BCUT2D eigenvalue weighted by Gasteiger charge is 2.20. The van der Waals surface area contributed by atoms with E-state index < -0.39 is 5.97 Å². The van der Waals surface area contributed by atoms with Crippen molar-refractivity contribution >= 4 is 11.6 Å². The zero-order chi connectivity index (χ0) is 13.2. The van der Waals surface area contributed by atoms with E-state index in [9.17, 15) is 4.79 Å². The second kappa shape index (κ2) is 4.97. The maximum Gasteiger partial charge on any atom is 0.341 e. The number of rotatable bonds is 3. The molecular weight excluding hydrogens is 246 g/mol. The van der Waals surface area contributed by atoms with Crippen LogP contribution in [0.3, 0.4) is 0 Å². The van der Waals surface area contributed by atoms with Crippen LogP contribution in [0.1, 0.15) is 29.0 Å². The van der Waals surface area contributed by atoms with Crippen LogP contribution in [0.5, 0.6) is 0 Å². The van der Waals surface area contributed by atoms with Gasteiger partial charge in [-0.2, -0.15) is 0 Å². The zero-order valence-electron chi connectivity index (χ0n) is 10.7. The van der Waals surface area contributed by atoms with Crippen molar-refractivity contribution in [2.75, 3.05) is 13.7 Å². The van der Waals surface area contributed by atoms with Gasteiger partial charge in [0.1, 0.15) is 11.4 Å². The summed E-state index contributed by atoms with van der Waals surface area (Å²) in [6.45, 7) is 0.814. The molecule has 1 aliphatic rings. The SMILES string of the molecule is COC(=O)c1cccn2c(CC3CCCO3)nnc12. The first-order valence-corrected chi connectivity index (χ1v) is 6.32. The van der Waals surface area contributed by atoms with E-state index in [-0.39, 0.29) is 6.10 Å². The molecule has 0 aliphatic carbocycles. The van der Waals surface area contributed by atoms with Gasteiger partial charge in [-0.05, 0) is 25.0 Å². The number of fused-ring (bicyclic) bond motifs is 1. The first-order chi connectivity index (χ1) is 9.29. The van der Waals surface area contributed by atoms with Gasteiger partial charge in [-0.1, -0.05) is 0 Å². The van der Waals surface area contributed by atoms with Gasteiger partial charge in [-0.3, -0.25) is 4.40 Å². The van der Waals surface area contributed by atoms with Crippen molar-refractivity contribution in [3.8, 4) is 0 Å². The Morgan fingerprint density at radius 1 is 1.58 bits per heavy atom. The Hall–Kier alpha value is -1.95. The fourth-order valence-corrected chi connectivity index (χ4v) is 2.38. The summed E-state index contributed by atoms with van der Waals surface area (Å²) in [5, 5.41) is 8.25. The van der Waals surface area contributed by atoms with Crippen LogP contribution in [-0.2, 0) is 15.9 Å². The van der Waals surface area contributed by atoms with E-state index in [1.807, 2.05) is 10.6 Å². The Labute approximate surface area is 110 Å². The molecule has 1 saturated heterocycles. The molecule has 0 saturated carbocycles. The maximum absolute atomic E-state index is 11.7. The molecule has 1 unspecified atom stereocenters. The normalized spacial score (nSPS) is 18.9. The van der Waals surface area contributed by atoms with Crippen LogP contribution in [0.25, 0.3) is 5.65 Å². The lowest BCUT2D eigenvalue weighted by atomic mass is 10.2. The number of carbonyl (C=O) groups is 1. The highest BCUT2D eigenvalue weighted by atomic mass is 16.5. The van der Waals surface area contributed by atoms with Crippen LogP contribution < -0.4 is 0 Å². The number of hydrogen-bond donors (Lipinski definition) is 0. The lowest BCUT2D eigenvalue weighted by Crippen LogP contribution is -2.12. The van der Waals surface area contributed by atoms with Crippen LogP contribution >= 0.6 is 0 Å². The molecule has 3 heterocycles. The number of hydrogen-bond acceptors (Lipinski definition) is 5. The molecule has 1 aliphatic heterocycles. The minimum Gasteiger partial charge on any atom is -0.465 e. The third kappa shape index (κ3) is 2.19. The van der Waals surface area contributed by atoms with Gasteiger partial charge in [0, 0.05) is 19.2 Å². The average molecular weight is 261 g/mol. The molecule has 0 radical (unpaired) electrons. The van der Waals surface area contributed by atoms with E-state index in [1.54, 1.807) is 12.1 Å². The molecule has 2 aromatic heterocycles. The summed E-state index contributed by atoms with van der Waals surface area (Å²) < 4.78 is 12.2. The van der Waals surface area contributed by atoms with Crippen molar-refractivity contribution in [3.63, 3.8) is 0 Å². The Balaban J connectivity index is 1.96. The molecule has 1 atom stereocenters. The van der Waals surface area contributed by atoms with Gasteiger partial charge >= 0.3 is 5.97 Å².